The zero-order valence-corrected chi connectivity index (χ0v) is 9.67. The molecule has 1 aliphatic heterocycles. The molecule has 4 atom stereocenters. The number of hydrogen-bond donors (Lipinski definition) is 4. The summed E-state index contributed by atoms with van der Waals surface area (Å²) in [5.74, 6) is -1.72. The zero-order valence-electron chi connectivity index (χ0n) is 9.67. The lowest BCUT2D eigenvalue weighted by Crippen LogP contribution is -2.60. The van der Waals surface area contributed by atoms with Crippen LogP contribution in [0.5, 0.6) is 0 Å². The van der Waals surface area contributed by atoms with E-state index in [0.29, 0.717) is 0 Å². The van der Waals surface area contributed by atoms with Gasteiger partial charge in [-0.15, -0.1) is 0 Å². The molecule has 4 N–H and O–H groups in total. The standard InChI is InChI=1S/C11H22O5/c1-2-3-4-5-6-11(15)10(14)9(13)8(12)7-16-11/h8-10,12-15H,2-7H2,1H3/t8-,9+,10-,11-/m1/s1. The molecule has 5 nitrogen and oxygen atoms in total. The van der Waals surface area contributed by atoms with E-state index < -0.39 is 24.1 Å². The Hall–Kier alpha value is -0.200. The lowest BCUT2D eigenvalue weighted by Gasteiger charge is -2.41. The van der Waals surface area contributed by atoms with Crippen molar-refractivity contribution in [3.63, 3.8) is 0 Å². The number of ether oxygens (including phenoxy) is 1. The minimum atomic E-state index is -1.72. The van der Waals surface area contributed by atoms with Crippen LogP contribution in [-0.4, -0.2) is 51.1 Å². The van der Waals surface area contributed by atoms with Crippen LogP contribution < -0.4 is 0 Å². The van der Waals surface area contributed by atoms with Gasteiger partial charge in [0.25, 0.3) is 0 Å². The molecule has 0 aromatic rings. The molecule has 1 aliphatic rings. The fourth-order valence-corrected chi connectivity index (χ4v) is 1.92. The first kappa shape index (κ1) is 13.9. The van der Waals surface area contributed by atoms with E-state index in [4.69, 9.17) is 4.74 Å². The topological polar surface area (TPSA) is 90.2 Å². The highest BCUT2D eigenvalue weighted by atomic mass is 16.6. The molecule has 0 unspecified atom stereocenters. The Morgan fingerprint density at radius 1 is 1.19 bits per heavy atom. The maximum atomic E-state index is 9.98. The van der Waals surface area contributed by atoms with E-state index in [1.807, 2.05) is 0 Å². The van der Waals surface area contributed by atoms with Crippen LogP contribution in [0.3, 0.4) is 0 Å². The summed E-state index contributed by atoms with van der Waals surface area (Å²) in [6.45, 7) is 1.93. The minimum Gasteiger partial charge on any atom is -0.388 e. The number of rotatable bonds is 5. The van der Waals surface area contributed by atoms with Crippen LogP contribution in [0.2, 0.25) is 0 Å². The first-order chi connectivity index (χ1) is 7.51. The number of hydrogen-bond acceptors (Lipinski definition) is 5. The lowest BCUT2D eigenvalue weighted by molar-refractivity contribution is -0.323. The molecule has 1 rings (SSSR count). The van der Waals surface area contributed by atoms with Crippen molar-refractivity contribution in [2.45, 2.75) is 63.1 Å². The summed E-state index contributed by atoms with van der Waals surface area (Å²) in [6.07, 6.45) is 0.185. The van der Waals surface area contributed by atoms with Crippen molar-refractivity contribution < 1.29 is 25.2 Å². The maximum absolute atomic E-state index is 9.98. The Morgan fingerprint density at radius 3 is 2.50 bits per heavy atom. The van der Waals surface area contributed by atoms with Crippen LogP contribution in [0.25, 0.3) is 0 Å². The van der Waals surface area contributed by atoms with Crippen molar-refractivity contribution in [2.75, 3.05) is 6.61 Å². The Kier molecular flexibility index (Phi) is 5.14. The van der Waals surface area contributed by atoms with Gasteiger partial charge in [0.2, 0.25) is 0 Å². The third-order valence-electron chi connectivity index (χ3n) is 3.07. The molecule has 96 valence electrons. The fraction of sp³-hybridized carbons (Fsp3) is 1.00. The molecule has 0 bridgehead atoms. The third kappa shape index (κ3) is 3.15. The SMILES string of the molecule is CCCCCC[C@@]1(O)OC[C@@H](O)[C@H](O)[C@H]1O. The van der Waals surface area contributed by atoms with E-state index in [-0.39, 0.29) is 13.0 Å². The van der Waals surface area contributed by atoms with Gasteiger partial charge in [0.05, 0.1) is 6.61 Å². The van der Waals surface area contributed by atoms with Gasteiger partial charge >= 0.3 is 0 Å². The number of unbranched alkanes of at least 4 members (excludes halogenated alkanes) is 3. The van der Waals surface area contributed by atoms with Crippen molar-refractivity contribution >= 4 is 0 Å². The lowest BCUT2D eigenvalue weighted by atomic mass is 9.92. The Labute approximate surface area is 95.7 Å². The minimum absolute atomic E-state index is 0.150. The molecule has 0 radical (unpaired) electrons. The van der Waals surface area contributed by atoms with Gasteiger partial charge in [0, 0.05) is 6.42 Å². The predicted octanol–water partition coefficient (Wildman–Crippen LogP) is -0.242. The van der Waals surface area contributed by atoms with Gasteiger partial charge in [-0.05, 0) is 6.42 Å². The van der Waals surface area contributed by atoms with Crippen molar-refractivity contribution in [1.29, 1.82) is 0 Å². The van der Waals surface area contributed by atoms with Crippen LogP contribution in [0.4, 0.5) is 0 Å². The first-order valence-electron chi connectivity index (χ1n) is 5.92. The fourth-order valence-electron chi connectivity index (χ4n) is 1.92. The van der Waals surface area contributed by atoms with Crippen LogP contribution in [-0.2, 0) is 4.74 Å². The molecule has 1 heterocycles. The smallest absolute Gasteiger partial charge is 0.194 e. The first-order valence-corrected chi connectivity index (χ1v) is 5.92. The van der Waals surface area contributed by atoms with E-state index in [1.54, 1.807) is 0 Å². The normalized spacial score (nSPS) is 39.9. The van der Waals surface area contributed by atoms with E-state index in [0.717, 1.165) is 25.7 Å². The highest BCUT2D eigenvalue weighted by molar-refractivity contribution is 4.91. The molecule has 0 saturated carbocycles. The average Bonchev–Trinajstić information content (AvgIpc) is 2.28. The van der Waals surface area contributed by atoms with Gasteiger partial charge in [-0.1, -0.05) is 26.2 Å². The van der Waals surface area contributed by atoms with Gasteiger partial charge in [-0.3, -0.25) is 0 Å². The molecule has 0 aliphatic carbocycles. The molecule has 1 fully saturated rings. The molecule has 5 heteroatoms. The van der Waals surface area contributed by atoms with Gasteiger partial charge in [0.1, 0.15) is 18.3 Å². The molecule has 16 heavy (non-hydrogen) atoms. The van der Waals surface area contributed by atoms with Gasteiger partial charge in [0.15, 0.2) is 5.79 Å². The van der Waals surface area contributed by atoms with Crippen molar-refractivity contribution in [1.82, 2.24) is 0 Å². The van der Waals surface area contributed by atoms with Gasteiger partial charge in [-0.2, -0.15) is 0 Å². The Balaban J connectivity index is 2.43. The molecular formula is C11H22O5. The predicted molar refractivity (Wildman–Crippen MR) is 57.7 cm³/mol. The second-order valence-corrected chi connectivity index (χ2v) is 4.47. The Morgan fingerprint density at radius 2 is 1.88 bits per heavy atom. The summed E-state index contributed by atoms with van der Waals surface area (Å²) in [7, 11) is 0. The second kappa shape index (κ2) is 5.93. The average molecular weight is 234 g/mol. The molecule has 0 spiro atoms. The molecular weight excluding hydrogens is 212 g/mol. The van der Waals surface area contributed by atoms with Crippen LogP contribution in [0, 0.1) is 0 Å². The van der Waals surface area contributed by atoms with Gasteiger partial charge < -0.3 is 25.2 Å². The third-order valence-corrected chi connectivity index (χ3v) is 3.07. The van der Waals surface area contributed by atoms with Crippen molar-refractivity contribution in [3.8, 4) is 0 Å². The van der Waals surface area contributed by atoms with Crippen molar-refractivity contribution in [2.24, 2.45) is 0 Å². The quantitative estimate of drug-likeness (QED) is 0.493. The highest BCUT2D eigenvalue weighted by Crippen LogP contribution is 2.28. The zero-order chi connectivity index (χ0) is 12.2. The van der Waals surface area contributed by atoms with Gasteiger partial charge in [-0.25, -0.2) is 0 Å². The summed E-state index contributed by atoms with van der Waals surface area (Å²) in [4.78, 5) is 0. The van der Waals surface area contributed by atoms with E-state index in [1.165, 1.54) is 0 Å². The van der Waals surface area contributed by atoms with E-state index in [2.05, 4.69) is 6.92 Å². The molecule has 0 aromatic heterocycles. The van der Waals surface area contributed by atoms with Crippen molar-refractivity contribution in [3.05, 3.63) is 0 Å². The largest absolute Gasteiger partial charge is 0.388 e. The highest BCUT2D eigenvalue weighted by Gasteiger charge is 2.47. The monoisotopic (exact) mass is 234 g/mol. The second-order valence-electron chi connectivity index (χ2n) is 4.47. The number of aliphatic hydroxyl groups excluding tert-OH is 3. The van der Waals surface area contributed by atoms with E-state index >= 15 is 0 Å². The summed E-state index contributed by atoms with van der Waals surface area (Å²) >= 11 is 0. The summed E-state index contributed by atoms with van der Waals surface area (Å²) in [5.41, 5.74) is 0. The maximum Gasteiger partial charge on any atom is 0.194 e. The molecule has 1 saturated heterocycles. The van der Waals surface area contributed by atoms with E-state index in [9.17, 15) is 20.4 Å². The molecule has 0 amide bonds. The summed E-state index contributed by atoms with van der Waals surface area (Å²) in [6, 6.07) is 0. The number of aliphatic hydroxyl groups is 4. The van der Waals surface area contributed by atoms with Crippen LogP contribution in [0.1, 0.15) is 39.0 Å². The van der Waals surface area contributed by atoms with Crippen LogP contribution >= 0.6 is 0 Å². The Bertz CT molecular complexity index is 211. The summed E-state index contributed by atoms with van der Waals surface area (Å²) in [5, 5.41) is 38.3. The summed E-state index contributed by atoms with van der Waals surface area (Å²) < 4.78 is 5.04. The van der Waals surface area contributed by atoms with Crippen LogP contribution in [0.15, 0.2) is 0 Å². The molecule has 0 aromatic carbocycles.